The predicted octanol–water partition coefficient (Wildman–Crippen LogP) is 2.27. The van der Waals surface area contributed by atoms with E-state index in [9.17, 15) is 4.79 Å². The van der Waals surface area contributed by atoms with Crippen LogP contribution in [0.5, 0.6) is 0 Å². The summed E-state index contributed by atoms with van der Waals surface area (Å²) in [6.07, 6.45) is 0.967. The molecule has 1 amide bonds. The van der Waals surface area contributed by atoms with Gasteiger partial charge in [-0.15, -0.1) is 0 Å². The van der Waals surface area contributed by atoms with Crippen molar-refractivity contribution in [3.63, 3.8) is 0 Å². The first-order valence-corrected chi connectivity index (χ1v) is 9.83. The van der Waals surface area contributed by atoms with Crippen LogP contribution < -0.4 is 4.90 Å². The molecule has 2 aromatic heterocycles. The van der Waals surface area contributed by atoms with Crippen molar-refractivity contribution in [3.8, 4) is 0 Å². The number of carbonyl (C=O) groups is 1. The normalized spacial score (nSPS) is 15.8. The molecule has 3 heterocycles. The SMILES string of the molecule is CCN(CC)c1nc(C(=O)N2CCCN(C)CC2)nc2nc(C)cc(C)c12. The minimum atomic E-state index is -0.0958. The number of aryl methyl sites for hydroxylation is 2. The maximum Gasteiger partial charge on any atom is 0.291 e. The van der Waals surface area contributed by atoms with Gasteiger partial charge in [-0.2, -0.15) is 0 Å². The number of amides is 1. The van der Waals surface area contributed by atoms with E-state index >= 15 is 0 Å². The highest BCUT2D eigenvalue weighted by Gasteiger charge is 2.24. The Labute approximate surface area is 161 Å². The van der Waals surface area contributed by atoms with Crippen LogP contribution in [0.3, 0.4) is 0 Å². The Morgan fingerprint density at radius 1 is 1.07 bits per heavy atom. The molecule has 0 aliphatic carbocycles. The number of aromatic nitrogens is 3. The summed E-state index contributed by atoms with van der Waals surface area (Å²) in [4.78, 5) is 33.4. The summed E-state index contributed by atoms with van der Waals surface area (Å²) in [6, 6.07) is 2.05. The van der Waals surface area contributed by atoms with Gasteiger partial charge in [-0.3, -0.25) is 4.79 Å². The molecule has 1 fully saturated rings. The van der Waals surface area contributed by atoms with Gasteiger partial charge in [0.2, 0.25) is 5.82 Å². The van der Waals surface area contributed by atoms with Crippen molar-refractivity contribution in [2.75, 3.05) is 51.2 Å². The third-order valence-corrected chi connectivity index (χ3v) is 5.23. The Balaban J connectivity index is 2.09. The fraction of sp³-hybridized carbons (Fsp3) is 0.600. The van der Waals surface area contributed by atoms with Gasteiger partial charge < -0.3 is 14.7 Å². The first-order valence-electron chi connectivity index (χ1n) is 9.83. The number of likely N-dealkylation sites (N-methyl/N-ethyl adjacent to an activating group) is 1. The molecule has 0 bridgehead atoms. The Morgan fingerprint density at radius 3 is 2.52 bits per heavy atom. The molecule has 0 unspecified atom stereocenters. The minimum absolute atomic E-state index is 0.0958. The third kappa shape index (κ3) is 4.03. The van der Waals surface area contributed by atoms with Crippen molar-refractivity contribution < 1.29 is 4.79 Å². The molecule has 1 aliphatic heterocycles. The quantitative estimate of drug-likeness (QED) is 0.823. The van der Waals surface area contributed by atoms with Gasteiger partial charge in [-0.25, -0.2) is 15.0 Å². The van der Waals surface area contributed by atoms with Crippen LogP contribution in [0.4, 0.5) is 5.82 Å². The minimum Gasteiger partial charge on any atom is -0.356 e. The maximum atomic E-state index is 13.2. The van der Waals surface area contributed by atoms with Gasteiger partial charge in [0, 0.05) is 38.4 Å². The number of hydrogen-bond donors (Lipinski definition) is 0. The summed E-state index contributed by atoms with van der Waals surface area (Å²) in [7, 11) is 2.09. The highest BCUT2D eigenvalue weighted by atomic mass is 16.2. The fourth-order valence-electron chi connectivity index (χ4n) is 3.69. The van der Waals surface area contributed by atoms with Crippen LogP contribution in [0.25, 0.3) is 11.0 Å². The topological polar surface area (TPSA) is 65.5 Å². The number of hydrogen-bond acceptors (Lipinski definition) is 6. The molecule has 0 radical (unpaired) electrons. The zero-order chi connectivity index (χ0) is 19.6. The van der Waals surface area contributed by atoms with Crippen molar-refractivity contribution in [1.82, 2.24) is 24.8 Å². The molecule has 2 aromatic rings. The van der Waals surface area contributed by atoms with Crippen LogP contribution >= 0.6 is 0 Å². The number of nitrogens with zero attached hydrogens (tertiary/aromatic N) is 6. The molecule has 0 N–H and O–H groups in total. The zero-order valence-electron chi connectivity index (χ0n) is 17.1. The van der Waals surface area contributed by atoms with E-state index in [2.05, 4.69) is 47.6 Å². The number of rotatable bonds is 4. The lowest BCUT2D eigenvalue weighted by Crippen LogP contribution is -2.36. The smallest absolute Gasteiger partial charge is 0.291 e. The van der Waals surface area contributed by atoms with Gasteiger partial charge in [0.25, 0.3) is 5.91 Å². The molecule has 3 rings (SSSR count). The molecule has 1 saturated heterocycles. The lowest BCUT2D eigenvalue weighted by atomic mass is 10.1. The zero-order valence-corrected chi connectivity index (χ0v) is 17.1. The standard InChI is InChI=1S/C20H30N6O/c1-6-25(7-2)19-16-14(3)13-15(4)21-17(16)22-18(23-19)20(27)26-10-8-9-24(5)11-12-26/h13H,6-12H2,1-5H3. The largest absolute Gasteiger partial charge is 0.356 e. The molecule has 0 atom stereocenters. The van der Waals surface area contributed by atoms with Crippen molar-refractivity contribution in [2.24, 2.45) is 0 Å². The van der Waals surface area contributed by atoms with E-state index in [0.29, 0.717) is 12.2 Å². The lowest BCUT2D eigenvalue weighted by Gasteiger charge is -2.24. The molecular weight excluding hydrogens is 340 g/mol. The van der Waals surface area contributed by atoms with Crippen LogP contribution in [0.15, 0.2) is 6.07 Å². The maximum absolute atomic E-state index is 13.2. The lowest BCUT2D eigenvalue weighted by molar-refractivity contribution is 0.0751. The van der Waals surface area contributed by atoms with Crippen LogP contribution in [0.1, 0.15) is 42.1 Å². The Bertz CT molecular complexity index is 833. The van der Waals surface area contributed by atoms with Crippen LogP contribution in [-0.4, -0.2) is 77.0 Å². The van der Waals surface area contributed by atoms with Crippen LogP contribution in [0, 0.1) is 13.8 Å². The summed E-state index contributed by atoms with van der Waals surface area (Å²) in [5.41, 5.74) is 2.61. The van der Waals surface area contributed by atoms with E-state index in [1.54, 1.807) is 0 Å². The van der Waals surface area contributed by atoms with Crippen LogP contribution in [0.2, 0.25) is 0 Å². The monoisotopic (exact) mass is 370 g/mol. The first-order chi connectivity index (χ1) is 12.9. The van der Waals surface area contributed by atoms with E-state index in [1.807, 2.05) is 17.9 Å². The fourth-order valence-corrected chi connectivity index (χ4v) is 3.69. The van der Waals surface area contributed by atoms with Gasteiger partial charge in [-0.05, 0) is 59.3 Å². The average molecular weight is 371 g/mol. The first kappa shape index (κ1) is 19.5. The van der Waals surface area contributed by atoms with E-state index in [0.717, 1.165) is 61.6 Å². The molecule has 7 heteroatoms. The third-order valence-electron chi connectivity index (χ3n) is 5.23. The van der Waals surface area contributed by atoms with Crippen molar-refractivity contribution in [3.05, 3.63) is 23.1 Å². The molecule has 0 aromatic carbocycles. The Kier molecular flexibility index (Phi) is 5.89. The van der Waals surface area contributed by atoms with Crippen LogP contribution in [-0.2, 0) is 0 Å². The second-order valence-corrected chi connectivity index (χ2v) is 7.27. The van der Waals surface area contributed by atoms with Crippen molar-refractivity contribution in [1.29, 1.82) is 0 Å². The number of fused-ring (bicyclic) bond motifs is 1. The van der Waals surface area contributed by atoms with Crippen molar-refractivity contribution in [2.45, 2.75) is 34.1 Å². The summed E-state index contributed by atoms with van der Waals surface area (Å²) < 4.78 is 0. The molecule has 0 spiro atoms. The molecule has 7 nitrogen and oxygen atoms in total. The predicted molar refractivity (Wildman–Crippen MR) is 108 cm³/mol. The average Bonchev–Trinajstić information content (AvgIpc) is 2.85. The number of pyridine rings is 1. The highest BCUT2D eigenvalue weighted by molar-refractivity contribution is 5.96. The summed E-state index contributed by atoms with van der Waals surface area (Å²) in [5, 5.41) is 0.941. The molecule has 27 heavy (non-hydrogen) atoms. The second-order valence-electron chi connectivity index (χ2n) is 7.27. The summed E-state index contributed by atoms with van der Waals surface area (Å²) >= 11 is 0. The molecular formula is C20H30N6O. The van der Waals surface area contributed by atoms with E-state index < -0.39 is 0 Å². The Hall–Kier alpha value is -2.28. The second kappa shape index (κ2) is 8.17. The Morgan fingerprint density at radius 2 is 1.81 bits per heavy atom. The van der Waals surface area contributed by atoms with Gasteiger partial charge >= 0.3 is 0 Å². The molecule has 0 saturated carbocycles. The molecule has 146 valence electrons. The van der Waals surface area contributed by atoms with Crippen molar-refractivity contribution >= 4 is 22.8 Å². The van der Waals surface area contributed by atoms with E-state index in [4.69, 9.17) is 4.98 Å². The van der Waals surface area contributed by atoms with E-state index in [-0.39, 0.29) is 11.7 Å². The summed E-state index contributed by atoms with van der Waals surface area (Å²) in [5.74, 6) is 0.971. The summed E-state index contributed by atoms with van der Waals surface area (Å²) in [6.45, 7) is 13.2. The number of anilines is 1. The van der Waals surface area contributed by atoms with E-state index in [1.165, 1.54) is 0 Å². The number of carbonyl (C=O) groups excluding carboxylic acids is 1. The van der Waals surface area contributed by atoms with Gasteiger partial charge in [-0.1, -0.05) is 0 Å². The van der Waals surface area contributed by atoms with Gasteiger partial charge in [0.05, 0.1) is 5.39 Å². The van der Waals surface area contributed by atoms with Gasteiger partial charge in [0.1, 0.15) is 5.82 Å². The molecule has 1 aliphatic rings. The highest BCUT2D eigenvalue weighted by Crippen LogP contribution is 2.27. The van der Waals surface area contributed by atoms with Gasteiger partial charge in [0.15, 0.2) is 5.65 Å².